The summed E-state index contributed by atoms with van der Waals surface area (Å²) in [5.74, 6) is 0.234. The second kappa shape index (κ2) is 6.62. The highest BCUT2D eigenvalue weighted by Gasteiger charge is 2.37. The van der Waals surface area contributed by atoms with Gasteiger partial charge >= 0.3 is 6.18 Å². The second-order valence-corrected chi connectivity index (χ2v) is 6.77. The van der Waals surface area contributed by atoms with E-state index < -0.39 is 17.2 Å². The van der Waals surface area contributed by atoms with Crippen molar-refractivity contribution in [1.29, 1.82) is 0 Å². The molecular weight excluding hydrogens is 347 g/mol. The van der Waals surface area contributed by atoms with Gasteiger partial charge in [0.1, 0.15) is 5.82 Å². The van der Waals surface area contributed by atoms with E-state index in [4.69, 9.17) is 0 Å². The van der Waals surface area contributed by atoms with Crippen LogP contribution in [0.2, 0.25) is 0 Å². The Labute approximate surface area is 149 Å². The van der Waals surface area contributed by atoms with Crippen molar-refractivity contribution < 1.29 is 18.0 Å². The maximum absolute atomic E-state index is 12.9. The molecule has 140 valence electrons. The van der Waals surface area contributed by atoms with Gasteiger partial charge in [-0.25, -0.2) is 9.97 Å². The SMILES string of the molecule is CC(C)(C(=O)N1CCN(c2cc(C(F)(F)F)ccn2)CC1)c1cnc[nH]1. The monoisotopic (exact) mass is 367 g/mol. The lowest BCUT2D eigenvalue weighted by Crippen LogP contribution is -2.53. The predicted octanol–water partition coefficient (Wildman–Crippen LogP) is 2.45. The first-order valence-corrected chi connectivity index (χ1v) is 8.26. The maximum atomic E-state index is 12.9. The number of piperazine rings is 1. The third-order valence-electron chi connectivity index (χ3n) is 4.67. The fourth-order valence-electron chi connectivity index (χ4n) is 3.01. The Bertz CT molecular complexity index is 765. The second-order valence-electron chi connectivity index (χ2n) is 6.77. The maximum Gasteiger partial charge on any atom is 0.416 e. The van der Waals surface area contributed by atoms with Crippen molar-refractivity contribution in [3.8, 4) is 0 Å². The number of nitrogens with one attached hydrogen (secondary N) is 1. The third-order valence-corrected chi connectivity index (χ3v) is 4.67. The molecule has 9 heteroatoms. The summed E-state index contributed by atoms with van der Waals surface area (Å²) in [5, 5.41) is 0. The van der Waals surface area contributed by atoms with Gasteiger partial charge in [-0.05, 0) is 26.0 Å². The zero-order valence-corrected chi connectivity index (χ0v) is 14.5. The highest BCUT2D eigenvalue weighted by molar-refractivity contribution is 5.87. The van der Waals surface area contributed by atoms with Crippen molar-refractivity contribution in [2.75, 3.05) is 31.1 Å². The Kier molecular flexibility index (Phi) is 4.64. The largest absolute Gasteiger partial charge is 0.416 e. The Hall–Kier alpha value is -2.58. The normalized spacial score (nSPS) is 16.0. The van der Waals surface area contributed by atoms with E-state index in [2.05, 4.69) is 15.0 Å². The molecule has 0 atom stereocenters. The molecule has 3 heterocycles. The minimum absolute atomic E-state index is 0.0431. The van der Waals surface area contributed by atoms with Crippen molar-refractivity contribution >= 4 is 11.7 Å². The number of amides is 1. The van der Waals surface area contributed by atoms with Crippen molar-refractivity contribution in [3.05, 3.63) is 42.1 Å². The molecule has 1 aliphatic heterocycles. The first kappa shape index (κ1) is 18.2. The Balaban J connectivity index is 1.67. The number of nitrogens with zero attached hydrogens (tertiary/aromatic N) is 4. The summed E-state index contributed by atoms with van der Waals surface area (Å²) in [6, 6.07) is 2.00. The molecule has 1 amide bonds. The quantitative estimate of drug-likeness (QED) is 0.905. The summed E-state index contributed by atoms with van der Waals surface area (Å²) in [4.78, 5) is 27.3. The summed E-state index contributed by atoms with van der Waals surface area (Å²) in [6.45, 7) is 5.36. The number of H-pyrrole nitrogens is 1. The van der Waals surface area contributed by atoms with Crippen LogP contribution >= 0.6 is 0 Å². The number of rotatable bonds is 3. The highest BCUT2D eigenvalue weighted by Crippen LogP contribution is 2.31. The van der Waals surface area contributed by atoms with E-state index in [0.717, 1.165) is 24.0 Å². The number of hydrogen-bond donors (Lipinski definition) is 1. The van der Waals surface area contributed by atoms with E-state index in [9.17, 15) is 18.0 Å². The number of hydrogen-bond acceptors (Lipinski definition) is 4. The summed E-state index contributed by atoms with van der Waals surface area (Å²) >= 11 is 0. The van der Waals surface area contributed by atoms with Gasteiger partial charge < -0.3 is 14.8 Å². The van der Waals surface area contributed by atoms with E-state index in [1.807, 2.05) is 13.8 Å². The zero-order valence-electron chi connectivity index (χ0n) is 14.5. The van der Waals surface area contributed by atoms with Gasteiger partial charge in [-0.1, -0.05) is 0 Å². The molecule has 0 bridgehead atoms. The number of carbonyl (C=O) groups is 1. The summed E-state index contributed by atoms with van der Waals surface area (Å²) in [7, 11) is 0. The van der Waals surface area contributed by atoms with Crippen molar-refractivity contribution in [1.82, 2.24) is 19.9 Å². The van der Waals surface area contributed by atoms with Gasteiger partial charge in [0, 0.05) is 44.3 Å². The van der Waals surface area contributed by atoms with Gasteiger partial charge in [0.2, 0.25) is 5.91 Å². The summed E-state index contributed by atoms with van der Waals surface area (Å²) in [6.07, 6.45) is -0.0804. The molecule has 6 nitrogen and oxygen atoms in total. The van der Waals surface area contributed by atoms with Crippen LogP contribution in [0.4, 0.5) is 19.0 Å². The predicted molar refractivity (Wildman–Crippen MR) is 89.6 cm³/mol. The molecule has 0 spiro atoms. The standard InChI is InChI=1S/C17H20F3N5O/c1-16(2,13-10-21-11-23-13)15(26)25-7-5-24(6-8-25)14-9-12(3-4-22-14)17(18,19)20/h3-4,9-11H,5-8H2,1-2H3,(H,21,23). The van der Waals surface area contributed by atoms with E-state index in [-0.39, 0.29) is 11.7 Å². The smallest absolute Gasteiger partial charge is 0.353 e. The van der Waals surface area contributed by atoms with Crippen LogP contribution in [0, 0.1) is 0 Å². The van der Waals surface area contributed by atoms with Crippen LogP contribution in [0.15, 0.2) is 30.9 Å². The van der Waals surface area contributed by atoms with Gasteiger partial charge in [0.15, 0.2) is 0 Å². The molecular formula is C17H20F3N5O. The number of pyridine rings is 1. The molecule has 0 radical (unpaired) electrons. The fourth-order valence-corrected chi connectivity index (χ4v) is 3.01. The lowest BCUT2D eigenvalue weighted by atomic mass is 9.88. The lowest BCUT2D eigenvalue weighted by Gasteiger charge is -2.38. The molecule has 0 saturated carbocycles. The van der Waals surface area contributed by atoms with Crippen molar-refractivity contribution in [2.24, 2.45) is 0 Å². The van der Waals surface area contributed by atoms with Gasteiger partial charge in [-0.15, -0.1) is 0 Å². The van der Waals surface area contributed by atoms with Gasteiger partial charge in [0.25, 0.3) is 0 Å². The van der Waals surface area contributed by atoms with Crippen LogP contribution in [-0.2, 0) is 16.4 Å². The van der Waals surface area contributed by atoms with Crippen LogP contribution in [0.5, 0.6) is 0 Å². The molecule has 26 heavy (non-hydrogen) atoms. The van der Waals surface area contributed by atoms with E-state index in [1.54, 1.807) is 16.0 Å². The first-order chi connectivity index (χ1) is 12.2. The fraction of sp³-hybridized carbons (Fsp3) is 0.471. The van der Waals surface area contributed by atoms with E-state index in [1.165, 1.54) is 6.33 Å². The highest BCUT2D eigenvalue weighted by atomic mass is 19.4. The average Bonchev–Trinajstić information content (AvgIpc) is 3.16. The van der Waals surface area contributed by atoms with Crippen LogP contribution < -0.4 is 4.90 Å². The Morgan fingerprint density at radius 2 is 1.88 bits per heavy atom. The molecule has 2 aromatic heterocycles. The first-order valence-electron chi connectivity index (χ1n) is 8.26. The Morgan fingerprint density at radius 3 is 2.46 bits per heavy atom. The van der Waals surface area contributed by atoms with Crippen LogP contribution in [0.25, 0.3) is 0 Å². The van der Waals surface area contributed by atoms with E-state index in [0.29, 0.717) is 26.2 Å². The Morgan fingerprint density at radius 1 is 1.19 bits per heavy atom. The van der Waals surface area contributed by atoms with Crippen LogP contribution in [-0.4, -0.2) is 51.9 Å². The number of aromatic amines is 1. The summed E-state index contributed by atoms with van der Waals surface area (Å²) in [5.41, 5.74) is -0.738. The molecule has 1 aliphatic rings. The number of aromatic nitrogens is 3. The topological polar surface area (TPSA) is 65.1 Å². The molecule has 1 saturated heterocycles. The third kappa shape index (κ3) is 3.51. The molecule has 0 aliphatic carbocycles. The van der Waals surface area contributed by atoms with Crippen LogP contribution in [0.1, 0.15) is 25.1 Å². The number of anilines is 1. The van der Waals surface area contributed by atoms with E-state index >= 15 is 0 Å². The van der Waals surface area contributed by atoms with Gasteiger partial charge in [-0.3, -0.25) is 4.79 Å². The number of alkyl halides is 3. The number of halogens is 3. The lowest BCUT2D eigenvalue weighted by molar-refractivity contribution is -0.137. The average molecular weight is 367 g/mol. The molecule has 1 N–H and O–H groups in total. The van der Waals surface area contributed by atoms with Gasteiger partial charge in [0.05, 0.1) is 17.3 Å². The number of imidazole rings is 1. The molecule has 3 rings (SSSR count). The zero-order chi connectivity index (χ0) is 18.9. The minimum atomic E-state index is -4.40. The minimum Gasteiger partial charge on any atom is -0.353 e. The summed E-state index contributed by atoms with van der Waals surface area (Å²) < 4.78 is 38.6. The molecule has 1 fully saturated rings. The molecule has 2 aromatic rings. The molecule has 0 aromatic carbocycles. The van der Waals surface area contributed by atoms with Crippen molar-refractivity contribution in [3.63, 3.8) is 0 Å². The molecule has 0 unspecified atom stereocenters. The van der Waals surface area contributed by atoms with Crippen LogP contribution in [0.3, 0.4) is 0 Å². The van der Waals surface area contributed by atoms with Gasteiger partial charge in [-0.2, -0.15) is 13.2 Å². The van der Waals surface area contributed by atoms with Crippen molar-refractivity contribution in [2.45, 2.75) is 25.4 Å². The number of carbonyl (C=O) groups excluding carboxylic acids is 1.